The Kier molecular flexibility index (Phi) is 2.87. The Morgan fingerprint density at radius 3 is 2.93 bits per heavy atom. The molecule has 2 rings (SSSR count). The van der Waals surface area contributed by atoms with Gasteiger partial charge in [0.15, 0.2) is 0 Å². The van der Waals surface area contributed by atoms with Crippen LogP contribution in [0.2, 0.25) is 5.02 Å². The quantitative estimate of drug-likeness (QED) is 0.874. The number of hydrogen-bond acceptors (Lipinski definition) is 2. The number of aromatic nitrogens is 2. The molecule has 0 bridgehead atoms. The van der Waals surface area contributed by atoms with Gasteiger partial charge < -0.3 is 4.74 Å². The van der Waals surface area contributed by atoms with E-state index in [-0.39, 0.29) is 12.4 Å². The molecule has 15 heavy (non-hydrogen) atoms. The van der Waals surface area contributed by atoms with Gasteiger partial charge in [0.25, 0.3) is 0 Å². The van der Waals surface area contributed by atoms with Crippen LogP contribution >= 0.6 is 11.6 Å². The molecule has 1 aromatic heterocycles. The molecule has 0 unspecified atom stereocenters. The van der Waals surface area contributed by atoms with Crippen LogP contribution in [-0.2, 0) is 6.61 Å². The summed E-state index contributed by atoms with van der Waals surface area (Å²) < 4.78 is 18.5. The van der Waals surface area contributed by atoms with Gasteiger partial charge in [0.1, 0.15) is 12.4 Å². The Bertz CT molecular complexity index is 445. The smallest absolute Gasteiger partial charge is 0.209 e. The Hall–Kier alpha value is -1.55. The van der Waals surface area contributed by atoms with E-state index in [1.54, 1.807) is 24.4 Å². The van der Waals surface area contributed by atoms with E-state index in [2.05, 4.69) is 10.2 Å². The zero-order chi connectivity index (χ0) is 10.7. The Balaban J connectivity index is 2.05. The molecule has 0 radical (unpaired) electrons. The average molecular weight is 227 g/mol. The molecule has 0 aliphatic rings. The molecule has 0 aliphatic carbocycles. The molecular weight excluding hydrogens is 219 g/mol. The van der Waals surface area contributed by atoms with Gasteiger partial charge in [-0.15, -0.1) is 0 Å². The maximum atomic E-state index is 13.3. The molecule has 0 atom stereocenters. The summed E-state index contributed by atoms with van der Waals surface area (Å²) in [6, 6.07) is 6.13. The highest BCUT2D eigenvalue weighted by atomic mass is 35.5. The van der Waals surface area contributed by atoms with E-state index in [0.717, 1.165) is 0 Å². The summed E-state index contributed by atoms with van der Waals surface area (Å²) in [4.78, 5) is 0. The summed E-state index contributed by atoms with van der Waals surface area (Å²) in [5.41, 5.74) is 0.453. The molecule has 2 aromatic rings. The van der Waals surface area contributed by atoms with Crippen LogP contribution < -0.4 is 4.74 Å². The summed E-state index contributed by atoms with van der Waals surface area (Å²) in [7, 11) is 0. The van der Waals surface area contributed by atoms with E-state index < -0.39 is 0 Å². The zero-order valence-corrected chi connectivity index (χ0v) is 8.46. The van der Waals surface area contributed by atoms with Crippen LogP contribution in [0.5, 0.6) is 5.88 Å². The van der Waals surface area contributed by atoms with E-state index >= 15 is 0 Å². The first kappa shape index (κ1) is 9.98. The van der Waals surface area contributed by atoms with Crippen LogP contribution in [0.1, 0.15) is 5.56 Å². The van der Waals surface area contributed by atoms with Gasteiger partial charge in [0, 0.05) is 16.7 Å². The highest BCUT2D eigenvalue weighted by Crippen LogP contribution is 2.16. The molecular formula is C10H8ClFN2O. The Labute approximate surface area is 90.8 Å². The molecule has 5 heteroatoms. The summed E-state index contributed by atoms with van der Waals surface area (Å²) in [6.45, 7) is 0.144. The number of nitrogens with zero attached hydrogens (tertiary/aromatic N) is 1. The van der Waals surface area contributed by atoms with Crippen molar-refractivity contribution in [3.05, 3.63) is 46.9 Å². The topological polar surface area (TPSA) is 37.9 Å². The normalized spacial score (nSPS) is 10.3. The summed E-state index contributed by atoms with van der Waals surface area (Å²) in [5, 5.41) is 6.70. The molecule has 0 saturated heterocycles. The number of ether oxygens (including phenoxy) is 1. The predicted molar refractivity (Wildman–Crippen MR) is 54.3 cm³/mol. The minimum absolute atomic E-state index is 0.144. The fourth-order valence-corrected chi connectivity index (χ4v) is 1.28. The number of nitrogens with one attached hydrogen (secondary N) is 1. The number of halogens is 2. The van der Waals surface area contributed by atoms with Gasteiger partial charge in [-0.1, -0.05) is 17.7 Å². The average Bonchev–Trinajstić information content (AvgIpc) is 2.69. The Morgan fingerprint density at radius 2 is 2.27 bits per heavy atom. The van der Waals surface area contributed by atoms with Gasteiger partial charge in [-0.05, 0) is 12.1 Å². The standard InChI is InChI=1S/C10H8ClFN2O/c11-8-2-1-7(9(12)5-8)6-15-10-3-4-13-14-10/h1-5H,6H2,(H,13,14). The van der Waals surface area contributed by atoms with Crippen molar-refractivity contribution in [3.63, 3.8) is 0 Å². The van der Waals surface area contributed by atoms with Crippen molar-refractivity contribution < 1.29 is 9.13 Å². The van der Waals surface area contributed by atoms with Gasteiger partial charge in [0.2, 0.25) is 5.88 Å². The molecule has 0 saturated carbocycles. The molecule has 1 heterocycles. The van der Waals surface area contributed by atoms with Gasteiger partial charge in [-0.2, -0.15) is 5.10 Å². The molecule has 78 valence electrons. The lowest BCUT2D eigenvalue weighted by atomic mass is 10.2. The van der Waals surface area contributed by atoms with E-state index in [0.29, 0.717) is 16.5 Å². The van der Waals surface area contributed by atoms with Gasteiger partial charge in [-0.3, -0.25) is 0 Å². The van der Waals surface area contributed by atoms with Crippen molar-refractivity contribution in [1.29, 1.82) is 0 Å². The third kappa shape index (κ3) is 2.47. The highest BCUT2D eigenvalue weighted by Gasteiger charge is 2.03. The number of benzene rings is 1. The van der Waals surface area contributed by atoms with Crippen LogP contribution in [0.15, 0.2) is 30.5 Å². The monoisotopic (exact) mass is 226 g/mol. The first-order chi connectivity index (χ1) is 7.25. The van der Waals surface area contributed by atoms with Crippen LogP contribution in [0, 0.1) is 5.82 Å². The predicted octanol–water partition coefficient (Wildman–Crippen LogP) is 2.78. The first-order valence-corrected chi connectivity index (χ1v) is 4.69. The number of rotatable bonds is 3. The molecule has 0 aliphatic heterocycles. The second-order valence-electron chi connectivity index (χ2n) is 2.95. The van der Waals surface area contributed by atoms with E-state index in [9.17, 15) is 4.39 Å². The van der Waals surface area contributed by atoms with Gasteiger partial charge >= 0.3 is 0 Å². The second kappa shape index (κ2) is 4.31. The van der Waals surface area contributed by atoms with E-state index in [1.165, 1.54) is 6.07 Å². The third-order valence-electron chi connectivity index (χ3n) is 1.87. The van der Waals surface area contributed by atoms with Crippen molar-refractivity contribution in [2.24, 2.45) is 0 Å². The minimum atomic E-state index is -0.373. The summed E-state index contributed by atoms with van der Waals surface area (Å²) in [6.07, 6.45) is 1.56. The molecule has 0 spiro atoms. The molecule has 3 nitrogen and oxygen atoms in total. The lowest BCUT2D eigenvalue weighted by molar-refractivity contribution is 0.287. The number of H-pyrrole nitrogens is 1. The maximum absolute atomic E-state index is 13.3. The van der Waals surface area contributed by atoms with Gasteiger partial charge in [-0.25, -0.2) is 9.49 Å². The fourth-order valence-electron chi connectivity index (χ4n) is 1.12. The third-order valence-corrected chi connectivity index (χ3v) is 2.11. The Morgan fingerprint density at radius 1 is 1.40 bits per heavy atom. The number of hydrogen-bond donors (Lipinski definition) is 1. The fraction of sp³-hybridized carbons (Fsp3) is 0.100. The lowest BCUT2D eigenvalue weighted by Gasteiger charge is -2.04. The lowest BCUT2D eigenvalue weighted by Crippen LogP contribution is -1.98. The minimum Gasteiger partial charge on any atom is -0.473 e. The van der Waals surface area contributed by atoms with Crippen molar-refractivity contribution in [2.75, 3.05) is 0 Å². The summed E-state index contributed by atoms with van der Waals surface area (Å²) >= 11 is 5.62. The van der Waals surface area contributed by atoms with Crippen LogP contribution in [0.3, 0.4) is 0 Å². The van der Waals surface area contributed by atoms with Crippen molar-refractivity contribution >= 4 is 11.6 Å². The summed E-state index contributed by atoms with van der Waals surface area (Å²) in [5.74, 6) is 0.131. The van der Waals surface area contributed by atoms with Crippen LogP contribution in [0.4, 0.5) is 4.39 Å². The van der Waals surface area contributed by atoms with E-state index in [1.807, 2.05) is 0 Å². The van der Waals surface area contributed by atoms with Crippen molar-refractivity contribution in [2.45, 2.75) is 6.61 Å². The number of aromatic amines is 1. The van der Waals surface area contributed by atoms with Crippen molar-refractivity contribution in [3.8, 4) is 5.88 Å². The van der Waals surface area contributed by atoms with Crippen LogP contribution in [0.25, 0.3) is 0 Å². The SMILES string of the molecule is Fc1cc(Cl)ccc1COc1ccn[nH]1. The van der Waals surface area contributed by atoms with Crippen LogP contribution in [-0.4, -0.2) is 10.2 Å². The molecule has 0 amide bonds. The first-order valence-electron chi connectivity index (χ1n) is 4.32. The molecule has 0 fully saturated rings. The van der Waals surface area contributed by atoms with Gasteiger partial charge in [0.05, 0.1) is 6.20 Å². The maximum Gasteiger partial charge on any atom is 0.209 e. The van der Waals surface area contributed by atoms with Crippen molar-refractivity contribution in [1.82, 2.24) is 10.2 Å². The molecule has 1 N–H and O–H groups in total. The molecule has 1 aromatic carbocycles. The zero-order valence-electron chi connectivity index (χ0n) is 7.71. The second-order valence-corrected chi connectivity index (χ2v) is 3.38. The largest absolute Gasteiger partial charge is 0.473 e. The highest BCUT2D eigenvalue weighted by molar-refractivity contribution is 6.30. The van der Waals surface area contributed by atoms with E-state index in [4.69, 9.17) is 16.3 Å².